The van der Waals surface area contributed by atoms with Crippen LogP contribution in [0.5, 0.6) is 0 Å². The molecule has 0 saturated carbocycles. The van der Waals surface area contributed by atoms with Gasteiger partial charge in [0.1, 0.15) is 0 Å². The summed E-state index contributed by atoms with van der Waals surface area (Å²) in [4.78, 5) is 26.9. The first-order chi connectivity index (χ1) is 8.71. The second-order valence-corrected chi connectivity index (χ2v) is 6.35. The number of nitrogens with zero attached hydrogens (tertiary/aromatic N) is 2. The van der Waals surface area contributed by atoms with E-state index >= 15 is 0 Å². The Kier molecular flexibility index (Phi) is 5.35. The van der Waals surface area contributed by atoms with Gasteiger partial charge in [0.25, 0.3) is 0 Å². The highest BCUT2D eigenvalue weighted by atomic mass is 16.4. The van der Waals surface area contributed by atoms with Gasteiger partial charge in [0.2, 0.25) is 5.91 Å². The van der Waals surface area contributed by atoms with E-state index in [4.69, 9.17) is 5.11 Å². The summed E-state index contributed by atoms with van der Waals surface area (Å²) in [6, 6.07) is 0.271. The van der Waals surface area contributed by atoms with Crippen molar-refractivity contribution in [1.82, 2.24) is 9.80 Å². The average Bonchev–Trinajstić information content (AvgIpc) is 2.26. The summed E-state index contributed by atoms with van der Waals surface area (Å²) in [6.45, 7) is 8.74. The van der Waals surface area contributed by atoms with Crippen LogP contribution in [0.25, 0.3) is 0 Å². The van der Waals surface area contributed by atoms with Crippen molar-refractivity contribution in [3.8, 4) is 0 Å². The summed E-state index contributed by atoms with van der Waals surface area (Å²) in [6.07, 6.45) is 3.26. The van der Waals surface area contributed by atoms with Crippen molar-refractivity contribution >= 4 is 11.9 Å². The van der Waals surface area contributed by atoms with Gasteiger partial charge in [-0.2, -0.15) is 0 Å². The van der Waals surface area contributed by atoms with Crippen LogP contribution in [0.4, 0.5) is 0 Å². The number of carboxylic acid groups (broad SMARTS) is 1. The monoisotopic (exact) mass is 270 g/mol. The lowest BCUT2D eigenvalue weighted by molar-refractivity contribution is -0.143. The molecular formula is C14H26N2O3. The van der Waals surface area contributed by atoms with Crippen molar-refractivity contribution in [2.75, 3.05) is 19.6 Å². The molecule has 5 heteroatoms. The Balaban J connectivity index is 2.67. The Morgan fingerprint density at radius 2 is 1.89 bits per heavy atom. The maximum atomic E-state index is 12.3. The highest BCUT2D eigenvalue weighted by Crippen LogP contribution is 2.18. The summed E-state index contributed by atoms with van der Waals surface area (Å²) < 4.78 is 0. The van der Waals surface area contributed by atoms with E-state index in [0.29, 0.717) is 0 Å². The standard InChI is InChI=1S/C14H26N2O3/c1-11-7-5-6-8-16(11)12(17)9-15(10-13(18)19)14(2,3)4/h11H,5-10H2,1-4H3,(H,18,19). The van der Waals surface area contributed by atoms with Crippen LogP contribution in [0.3, 0.4) is 0 Å². The molecule has 1 unspecified atom stereocenters. The van der Waals surface area contributed by atoms with Gasteiger partial charge in [-0.1, -0.05) is 0 Å². The molecule has 1 amide bonds. The highest BCUT2D eigenvalue weighted by molar-refractivity contribution is 5.79. The number of rotatable bonds is 4. The zero-order valence-corrected chi connectivity index (χ0v) is 12.5. The van der Waals surface area contributed by atoms with Crippen molar-refractivity contribution in [2.24, 2.45) is 0 Å². The SMILES string of the molecule is CC1CCCCN1C(=O)CN(CC(=O)O)C(C)(C)C. The molecule has 1 aliphatic rings. The molecule has 0 aromatic rings. The van der Waals surface area contributed by atoms with Crippen molar-refractivity contribution < 1.29 is 14.7 Å². The summed E-state index contributed by atoms with van der Waals surface area (Å²) in [5.74, 6) is -0.849. The number of piperidine rings is 1. The topological polar surface area (TPSA) is 60.9 Å². The van der Waals surface area contributed by atoms with Gasteiger partial charge in [0.05, 0.1) is 13.1 Å². The molecule has 1 heterocycles. The van der Waals surface area contributed by atoms with Gasteiger partial charge >= 0.3 is 5.97 Å². The van der Waals surface area contributed by atoms with Crippen molar-refractivity contribution in [1.29, 1.82) is 0 Å². The predicted octanol–water partition coefficient (Wildman–Crippen LogP) is 1.57. The summed E-state index contributed by atoms with van der Waals surface area (Å²) >= 11 is 0. The number of aliphatic carboxylic acids is 1. The molecule has 19 heavy (non-hydrogen) atoms. The third kappa shape index (κ3) is 4.82. The second-order valence-electron chi connectivity index (χ2n) is 6.35. The number of carbonyl (C=O) groups is 2. The minimum Gasteiger partial charge on any atom is -0.480 e. The van der Waals surface area contributed by atoms with E-state index in [0.717, 1.165) is 19.4 Å². The molecule has 0 bridgehead atoms. The third-order valence-corrected chi connectivity index (χ3v) is 3.72. The van der Waals surface area contributed by atoms with Gasteiger partial charge in [-0.15, -0.1) is 0 Å². The van der Waals surface area contributed by atoms with Gasteiger partial charge in [-0.05, 0) is 47.0 Å². The average molecular weight is 270 g/mol. The van der Waals surface area contributed by atoms with Crippen LogP contribution in [0.1, 0.15) is 47.0 Å². The number of likely N-dealkylation sites (tertiary alicyclic amines) is 1. The fourth-order valence-corrected chi connectivity index (χ4v) is 2.42. The Bertz CT molecular complexity index is 336. The van der Waals surface area contributed by atoms with Gasteiger partial charge in [0.15, 0.2) is 0 Å². The quantitative estimate of drug-likeness (QED) is 0.842. The van der Waals surface area contributed by atoms with E-state index in [2.05, 4.69) is 6.92 Å². The van der Waals surface area contributed by atoms with E-state index in [9.17, 15) is 9.59 Å². The van der Waals surface area contributed by atoms with E-state index in [1.165, 1.54) is 6.42 Å². The summed E-state index contributed by atoms with van der Waals surface area (Å²) in [5.41, 5.74) is -0.326. The summed E-state index contributed by atoms with van der Waals surface area (Å²) in [7, 11) is 0. The van der Waals surface area contributed by atoms with Gasteiger partial charge in [-0.3, -0.25) is 14.5 Å². The van der Waals surface area contributed by atoms with E-state index < -0.39 is 5.97 Å². The Morgan fingerprint density at radius 3 is 2.37 bits per heavy atom. The third-order valence-electron chi connectivity index (χ3n) is 3.72. The molecule has 1 atom stereocenters. The number of hydrogen-bond acceptors (Lipinski definition) is 3. The molecule has 0 radical (unpaired) electrons. The lowest BCUT2D eigenvalue weighted by Crippen LogP contribution is -2.52. The Hall–Kier alpha value is -1.10. The molecule has 0 aromatic carbocycles. The van der Waals surface area contributed by atoms with Crippen LogP contribution in [-0.2, 0) is 9.59 Å². The molecule has 1 N–H and O–H groups in total. The minimum atomic E-state index is -0.894. The van der Waals surface area contributed by atoms with Crippen molar-refractivity contribution in [3.63, 3.8) is 0 Å². The minimum absolute atomic E-state index is 0.0448. The Morgan fingerprint density at radius 1 is 1.26 bits per heavy atom. The van der Waals surface area contributed by atoms with Crippen molar-refractivity contribution in [3.05, 3.63) is 0 Å². The second kappa shape index (κ2) is 6.37. The number of hydrogen-bond donors (Lipinski definition) is 1. The zero-order valence-electron chi connectivity index (χ0n) is 12.5. The van der Waals surface area contributed by atoms with Gasteiger partial charge < -0.3 is 10.0 Å². The fourth-order valence-electron chi connectivity index (χ4n) is 2.42. The maximum absolute atomic E-state index is 12.3. The van der Waals surface area contributed by atoms with E-state index in [1.807, 2.05) is 25.7 Å². The fraction of sp³-hybridized carbons (Fsp3) is 0.857. The molecule has 5 nitrogen and oxygen atoms in total. The first kappa shape index (κ1) is 16.0. The van der Waals surface area contributed by atoms with Crippen LogP contribution in [-0.4, -0.2) is 58.0 Å². The van der Waals surface area contributed by atoms with E-state index in [-0.39, 0.29) is 30.6 Å². The lowest BCUT2D eigenvalue weighted by atomic mass is 10.0. The molecule has 1 fully saturated rings. The maximum Gasteiger partial charge on any atom is 0.317 e. The van der Waals surface area contributed by atoms with Crippen LogP contribution in [0, 0.1) is 0 Å². The molecule has 1 saturated heterocycles. The van der Waals surface area contributed by atoms with Gasteiger partial charge in [0, 0.05) is 18.1 Å². The predicted molar refractivity (Wildman–Crippen MR) is 74.0 cm³/mol. The van der Waals surface area contributed by atoms with Crippen LogP contribution < -0.4 is 0 Å². The van der Waals surface area contributed by atoms with Gasteiger partial charge in [-0.25, -0.2) is 0 Å². The largest absolute Gasteiger partial charge is 0.480 e. The van der Waals surface area contributed by atoms with E-state index in [1.54, 1.807) is 4.90 Å². The van der Waals surface area contributed by atoms with Crippen LogP contribution in [0.15, 0.2) is 0 Å². The molecule has 0 aromatic heterocycles. The highest BCUT2D eigenvalue weighted by Gasteiger charge is 2.29. The molecule has 110 valence electrons. The zero-order chi connectivity index (χ0) is 14.6. The first-order valence-electron chi connectivity index (χ1n) is 6.98. The summed E-state index contributed by atoms with van der Waals surface area (Å²) in [5, 5.41) is 8.96. The molecular weight excluding hydrogens is 244 g/mol. The first-order valence-corrected chi connectivity index (χ1v) is 6.98. The van der Waals surface area contributed by atoms with Crippen LogP contribution >= 0.6 is 0 Å². The number of carboxylic acids is 1. The Labute approximate surface area is 115 Å². The normalized spacial score (nSPS) is 20.7. The van der Waals surface area contributed by atoms with Crippen LogP contribution in [0.2, 0.25) is 0 Å². The van der Waals surface area contributed by atoms with Crippen molar-refractivity contribution in [2.45, 2.75) is 58.5 Å². The molecule has 1 aliphatic heterocycles. The molecule has 1 rings (SSSR count). The number of carbonyl (C=O) groups excluding carboxylic acids is 1. The molecule has 0 aliphatic carbocycles. The number of amides is 1. The molecule has 0 spiro atoms. The smallest absolute Gasteiger partial charge is 0.317 e. The lowest BCUT2D eigenvalue weighted by Gasteiger charge is -2.38.